The van der Waals surface area contributed by atoms with Gasteiger partial charge in [-0.2, -0.15) is 0 Å². The lowest BCUT2D eigenvalue weighted by Crippen LogP contribution is -2.31. The zero-order valence-corrected chi connectivity index (χ0v) is 19.8. The van der Waals surface area contributed by atoms with E-state index in [2.05, 4.69) is 33.8 Å². The van der Waals surface area contributed by atoms with Crippen molar-refractivity contribution in [3.8, 4) is 0 Å². The van der Waals surface area contributed by atoms with Crippen LogP contribution in [-0.4, -0.2) is 17.2 Å². The van der Waals surface area contributed by atoms with Gasteiger partial charge in [0.25, 0.3) is 0 Å². The number of rotatable bonds is 17. The first kappa shape index (κ1) is 26.2. The number of hydrogen-bond acceptors (Lipinski definition) is 2. The molecular formula is C26H47BO2. The molecule has 0 fully saturated rings. The molecule has 0 aromatic heterocycles. The van der Waals surface area contributed by atoms with Crippen molar-refractivity contribution in [3.05, 3.63) is 29.3 Å². The Morgan fingerprint density at radius 1 is 0.655 bits per heavy atom. The van der Waals surface area contributed by atoms with Gasteiger partial charge >= 0.3 is 7.12 Å². The summed E-state index contributed by atoms with van der Waals surface area (Å²) in [6.45, 7) is 9.11. The quantitative estimate of drug-likeness (QED) is 0.232. The second-order valence-electron chi connectivity index (χ2n) is 9.11. The molecule has 1 rings (SSSR count). The molecule has 1 aromatic carbocycles. The molecule has 2 N–H and O–H groups in total. The maximum atomic E-state index is 9.81. The highest BCUT2D eigenvalue weighted by Gasteiger charge is 2.17. The SMILES string of the molecule is CCCCCCC(CC)Cc1cc(CC(CC)CCCCCC)cc(B(O)O)c1. The lowest BCUT2D eigenvalue weighted by molar-refractivity contribution is 0.424. The van der Waals surface area contributed by atoms with E-state index in [0.717, 1.165) is 12.8 Å². The average molecular weight is 402 g/mol. The fourth-order valence-corrected chi connectivity index (χ4v) is 4.46. The Hall–Kier alpha value is -0.795. The lowest BCUT2D eigenvalue weighted by atomic mass is 9.76. The third kappa shape index (κ3) is 11.2. The molecule has 2 atom stereocenters. The number of hydrogen-bond donors (Lipinski definition) is 2. The van der Waals surface area contributed by atoms with Gasteiger partial charge in [0.05, 0.1) is 0 Å². The van der Waals surface area contributed by atoms with Crippen LogP contribution in [0.3, 0.4) is 0 Å². The first-order valence-electron chi connectivity index (χ1n) is 12.5. The number of benzene rings is 1. The van der Waals surface area contributed by atoms with Gasteiger partial charge in [-0.1, -0.05) is 123 Å². The molecule has 2 unspecified atom stereocenters. The highest BCUT2D eigenvalue weighted by molar-refractivity contribution is 6.58. The molecule has 0 heterocycles. The van der Waals surface area contributed by atoms with Crippen molar-refractivity contribution in [1.29, 1.82) is 0 Å². The van der Waals surface area contributed by atoms with Gasteiger partial charge in [-0.3, -0.25) is 0 Å². The largest absolute Gasteiger partial charge is 0.488 e. The van der Waals surface area contributed by atoms with Crippen LogP contribution in [0.4, 0.5) is 0 Å². The second kappa shape index (κ2) is 16.0. The van der Waals surface area contributed by atoms with Crippen LogP contribution >= 0.6 is 0 Å². The Morgan fingerprint density at radius 3 is 1.45 bits per heavy atom. The summed E-state index contributed by atoms with van der Waals surface area (Å²) in [5.74, 6) is 1.39. The highest BCUT2D eigenvalue weighted by Crippen LogP contribution is 2.23. The maximum absolute atomic E-state index is 9.81. The van der Waals surface area contributed by atoms with Gasteiger partial charge in [0.1, 0.15) is 0 Å². The van der Waals surface area contributed by atoms with Gasteiger partial charge in [0.2, 0.25) is 0 Å². The van der Waals surface area contributed by atoms with E-state index in [1.54, 1.807) is 0 Å². The Balaban J connectivity index is 2.78. The van der Waals surface area contributed by atoms with E-state index in [1.807, 2.05) is 12.1 Å². The van der Waals surface area contributed by atoms with Gasteiger partial charge in [-0.05, 0) is 41.3 Å². The molecule has 0 radical (unpaired) electrons. The predicted octanol–water partition coefficient (Wildman–Crippen LogP) is 6.44. The molecule has 166 valence electrons. The standard InChI is InChI=1S/C26H47BO2/c1-5-9-11-13-15-22(7-3)17-24-19-25(21-26(20-24)27(28)29)18-23(8-4)16-14-12-10-6-2/h19-23,28-29H,5-18H2,1-4H3. The summed E-state index contributed by atoms with van der Waals surface area (Å²) in [5.41, 5.74) is 3.24. The van der Waals surface area contributed by atoms with Gasteiger partial charge in [-0.25, -0.2) is 0 Å². The molecule has 1 aromatic rings. The summed E-state index contributed by atoms with van der Waals surface area (Å²) < 4.78 is 0. The second-order valence-corrected chi connectivity index (χ2v) is 9.11. The molecule has 0 saturated heterocycles. The van der Waals surface area contributed by atoms with Crippen LogP contribution < -0.4 is 5.46 Å². The molecule has 0 saturated carbocycles. The third-order valence-corrected chi connectivity index (χ3v) is 6.51. The summed E-state index contributed by atoms with van der Waals surface area (Å²) in [6, 6.07) is 6.38. The van der Waals surface area contributed by atoms with E-state index in [0.29, 0.717) is 17.3 Å². The molecule has 0 amide bonds. The molecule has 2 nitrogen and oxygen atoms in total. The fraction of sp³-hybridized carbons (Fsp3) is 0.769. The molecular weight excluding hydrogens is 355 g/mol. The van der Waals surface area contributed by atoms with Gasteiger partial charge < -0.3 is 10.0 Å². The van der Waals surface area contributed by atoms with Crippen LogP contribution in [0.2, 0.25) is 0 Å². The van der Waals surface area contributed by atoms with E-state index in [4.69, 9.17) is 0 Å². The minimum absolute atomic E-state index is 0.666. The average Bonchev–Trinajstić information content (AvgIpc) is 2.72. The molecule has 0 aliphatic heterocycles. The molecule has 0 bridgehead atoms. The van der Waals surface area contributed by atoms with Crippen LogP contribution in [0.5, 0.6) is 0 Å². The van der Waals surface area contributed by atoms with E-state index in [1.165, 1.54) is 88.2 Å². The van der Waals surface area contributed by atoms with Gasteiger partial charge in [0, 0.05) is 0 Å². The smallest absolute Gasteiger partial charge is 0.423 e. The third-order valence-electron chi connectivity index (χ3n) is 6.51. The van der Waals surface area contributed by atoms with Crippen molar-refractivity contribution in [1.82, 2.24) is 0 Å². The van der Waals surface area contributed by atoms with Crippen molar-refractivity contribution in [3.63, 3.8) is 0 Å². The summed E-state index contributed by atoms with van der Waals surface area (Å²) >= 11 is 0. The highest BCUT2D eigenvalue weighted by atomic mass is 16.4. The van der Waals surface area contributed by atoms with Crippen molar-refractivity contribution >= 4 is 12.6 Å². The van der Waals surface area contributed by atoms with Crippen LogP contribution in [0.25, 0.3) is 0 Å². The Labute approximate surface area is 181 Å². The molecule has 3 heteroatoms. The van der Waals surface area contributed by atoms with E-state index in [-0.39, 0.29) is 0 Å². The van der Waals surface area contributed by atoms with Crippen LogP contribution in [0, 0.1) is 11.8 Å². The zero-order chi connectivity index (χ0) is 21.5. The van der Waals surface area contributed by atoms with Crippen molar-refractivity contribution in [2.24, 2.45) is 11.8 Å². The molecule has 0 aliphatic carbocycles. The summed E-state index contributed by atoms with van der Waals surface area (Å²) in [7, 11) is -1.37. The van der Waals surface area contributed by atoms with Crippen molar-refractivity contribution in [2.75, 3.05) is 0 Å². The predicted molar refractivity (Wildman–Crippen MR) is 129 cm³/mol. The Kier molecular flexibility index (Phi) is 14.4. The molecule has 29 heavy (non-hydrogen) atoms. The van der Waals surface area contributed by atoms with Crippen LogP contribution in [0.1, 0.15) is 116 Å². The Bertz CT molecular complexity index is 489. The molecule has 0 aliphatic rings. The minimum Gasteiger partial charge on any atom is -0.423 e. The van der Waals surface area contributed by atoms with Crippen LogP contribution in [0.15, 0.2) is 18.2 Å². The minimum atomic E-state index is -1.37. The fourth-order valence-electron chi connectivity index (χ4n) is 4.46. The van der Waals surface area contributed by atoms with Crippen LogP contribution in [-0.2, 0) is 12.8 Å². The maximum Gasteiger partial charge on any atom is 0.488 e. The first-order valence-corrected chi connectivity index (χ1v) is 12.5. The lowest BCUT2D eigenvalue weighted by Gasteiger charge is -2.19. The van der Waals surface area contributed by atoms with Crippen molar-refractivity contribution < 1.29 is 10.0 Å². The topological polar surface area (TPSA) is 40.5 Å². The van der Waals surface area contributed by atoms with E-state index < -0.39 is 7.12 Å². The normalized spacial score (nSPS) is 13.4. The summed E-state index contributed by atoms with van der Waals surface area (Å²) in [5, 5.41) is 19.6. The Morgan fingerprint density at radius 2 is 1.10 bits per heavy atom. The van der Waals surface area contributed by atoms with Crippen molar-refractivity contribution in [2.45, 2.75) is 118 Å². The number of unbranched alkanes of at least 4 members (excludes halogenated alkanes) is 6. The molecule has 0 spiro atoms. The van der Waals surface area contributed by atoms with E-state index >= 15 is 0 Å². The summed E-state index contributed by atoms with van der Waals surface area (Å²) in [4.78, 5) is 0. The van der Waals surface area contributed by atoms with E-state index in [9.17, 15) is 10.0 Å². The monoisotopic (exact) mass is 402 g/mol. The zero-order valence-electron chi connectivity index (χ0n) is 19.8. The van der Waals surface area contributed by atoms with Gasteiger partial charge in [0.15, 0.2) is 0 Å². The van der Waals surface area contributed by atoms with Gasteiger partial charge in [-0.15, -0.1) is 0 Å². The first-order chi connectivity index (χ1) is 14.0. The summed E-state index contributed by atoms with van der Waals surface area (Å²) in [6.07, 6.45) is 17.6.